The van der Waals surface area contributed by atoms with Crippen molar-refractivity contribution < 1.29 is 18.5 Å². The zero-order valence-corrected chi connectivity index (χ0v) is 18.2. The first-order valence-electron chi connectivity index (χ1n) is 10.4. The maximum Gasteiger partial charge on any atom is 0.251 e. The summed E-state index contributed by atoms with van der Waals surface area (Å²) in [6.45, 7) is 2.37. The second-order valence-corrected chi connectivity index (χ2v) is 7.64. The number of fused-ring (bicyclic) bond motifs is 1. The first-order chi connectivity index (χ1) is 16.1. The molecule has 2 heterocycles. The van der Waals surface area contributed by atoms with Crippen molar-refractivity contribution in [3.05, 3.63) is 89.7 Å². The van der Waals surface area contributed by atoms with Gasteiger partial charge >= 0.3 is 0 Å². The normalized spacial score (nSPS) is 11.0. The Morgan fingerprint density at radius 2 is 1.88 bits per heavy atom. The molecule has 0 saturated heterocycles. The Labute approximate surface area is 190 Å². The number of methoxy groups -OCH3 is 1. The average molecular weight is 439 g/mol. The molecule has 5 rings (SSSR count). The number of ether oxygens (including phenoxy) is 1. The van der Waals surface area contributed by atoms with Crippen molar-refractivity contribution in [3.8, 4) is 28.6 Å². The number of nitrogens with zero attached hydrogens (tertiary/aromatic N) is 2. The first kappa shape index (κ1) is 20.5. The van der Waals surface area contributed by atoms with Crippen molar-refractivity contribution >= 4 is 16.9 Å². The van der Waals surface area contributed by atoms with E-state index in [9.17, 15) is 4.79 Å². The molecule has 0 spiro atoms. The molecule has 0 aliphatic carbocycles. The van der Waals surface area contributed by atoms with E-state index in [0.717, 1.165) is 22.4 Å². The van der Waals surface area contributed by atoms with Gasteiger partial charge in [0.2, 0.25) is 5.89 Å². The van der Waals surface area contributed by atoms with Crippen molar-refractivity contribution in [2.45, 2.75) is 13.5 Å². The molecule has 7 nitrogen and oxygen atoms in total. The quantitative estimate of drug-likeness (QED) is 0.381. The molecule has 0 saturated carbocycles. The van der Waals surface area contributed by atoms with E-state index in [1.54, 1.807) is 31.6 Å². The molecule has 0 fully saturated rings. The summed E-state index contributed by atoms with van der Waals surface area (Å²) in [7, 11) is 1.61. The number of nitrogens with one attached hydrogen (secondary N) is 1. The maximum atomic E-state index is 12.8. The lowest BCUT2D eigenvalue weighted by Crippen LogP contribution is -2.23. The minimum atomic E-state index is -0.213. The molecular formula is C26H21N3O4. The molecular weight excluding hydrogens is 418 g/mol. The fourth-order valence-corrected chi connectivity index (χ4v) is 3.60. The Balaban J connectivity index is 1.40. The number of aryl methyl sites for hydroxylation is 1. The van der Waals surface area contributed by atoms with Crippen LogP contribution in [0, 0.1) is 6.92 Å². The molecule has 0 aliphatic rings. The number of carbonyl (C=O) groups is 1. The summed E-state index contributed by atoms with van der Waals surface area (Å²) in [5.74, 6) is 1.01. The van der Waals surface area contributed by atoms with Crippen molar-refractivity contribution in [2.75, 3.05) is 7.11 Å². The zero-order valence-electron chi connectivity index (χ0n) is 18.2. The Bertz CT molecular complexity index is 1430. The van der Waals surface area contributed by atoms with Crippen LogP contribution in [-0.2, 0) is 6.54 Å². The molecule has 7 heteroatoms. The van der Waals surface area contributed by atoms with Gasteiger partial charge in [0.1, 0.15) is 23.4 Å². The number of oxazole rings is 1. The van der Waals surface area contributed by atoms with Crippen LogP contribution in [0.5, 0.6) is 5.75 Å². The van der Waals surface area contributed by atoms with Crippen LogP contribution < -0.4 is 10.1 Å². The van der Waals surface area contributed by atoms with Gasteiger partial charge in [0.05, 0.1) is 12.5 Å². The van der Waals surface area contributed by atoms with Crippen LogP contribution in [0.2, 0.25) is 0 Å². The van der Waals surface area contributed by atoms with Crippen LogP contribution in [0.4, 0.5) is 0 Å². The minimum absolute atomic E-state index is 0.213. The lowest BCUT2D eigenvalue weighted by Gasteiger charge is -2.09. The molecule has 33 heavy (non-hydrogen) atoms. The molecule has 1 amide bonds. The highest BCUT2D eigenvalue weighted by Gasteiger charge is 2.18. The molecule has 0 atom stereocenters. The van der Waals surface area contributed by atoms with E-state index >= 15 is 0 Å². The number of rotatable bonds is 6. The molecule has 0 radical (unpaired) electrons. The van der Waals surface area contributed by atoms with E-state index in [0.29, 0.717) is 40.4 Å². The molecule has 5 aromatic rings. The van der Waals surface area contributed by atoms with E-state index in [-0.39, 0.29) is 5.91 Å². The van der Waals surface area contributed by atoms with E-state index in [1.807, 2.05) is 55.5 Å². The first-order valence-corrected chi connectivity index (χ1v) is 10.4. The van der Waals surface area contributed by atoms with Crippen LogP contribution >= 0.6 is 0 Å². The summed E-state index contributed by atoms with van der Waals surface area (Å²) in [5.41, 5.74) is 5.03. The van der Waals surface area contributed by atoms with Crippen molar-refractivity contribution in [1.82, 2.24) is 15.5 Å². The van der Waals surface area contributed by atoms with Crippen molar-refractivity contribution in [1.29, 1.82) is 0 Å². The smallest absolute Gasteiger partial charge is 0.251 e. The highest BCUT2D eigenvalue weighted by molar-refractivity contribution is 6.00. The zero-order chi connectivity index (χ0) is 22.8. The van der Waals surface area contributed by atoms with Crippen LogP contribution in [-0.4, -0.2) is 23.2 Å². The predicted molar refractivity (Wildman–Crippen MR) is 124 cm³/mol. The number of aromatic nitrogens is 2. The highest BCUT2D eigenvalue weighted by Crippen LogP contribution is 2.30. The Morgan fingerprint density at radius 1 is 1.06 bits per heavy atom. The average Bonchev–Trinajstić information content (AvgIpc) is 3.50. The van der Waals surface area contributed by atoms with Gasteiger partial charge in [-0.3, -0.25) is 4.79 Å². The van der Waals surface area contributed by atoms with Crippen LogP contribution in [0.3, 0.4) is 0 Å². The van der Waals surface area contributed by atoms with Gasteiger partial charge in [0.15, 0.2) is 5.58 Å². The fourth-order valence-electron chi connectivity index (χ4n) is 3.60. The summed E-state index contributed by atoms with van der Waals surface area (Å²) < 4.78 is 16.5. The van der Waals surface area contributed by atoms with E-state index in [1.165, 1.54) is 0 Å². The Morgan fingerprint density at radius 3 is 2.70 bits per heavy atom. The number of hydrogen-bond acceptors (Lipinski definition) is 6. The van der Waals surface area contributed by atoms with Gasteiger partial charge < -0.3 is 19.0 Å². The van der Waals surface area contributed by atoms with Gasteiger partial charge in [-0.1, -0.05) is 41.1 Å². The summed E-state index contributed by atoms with van der Waals surface area (Å²) in [5, 5.41) is 7.77. The van der Waals surface area contributed by atoms with E-state index in [4.69, 9.17) is 13.7 Å². The van der Waals surface area contributed by atoms with Crippen LogP contribution in [0.1, 0.15) is 21.5 Å². The topological polar surface area (TPSA) is 90.4 Å². The molecule has 3 aromatic carbocycles. The number of benzene rings is 3. The van der Waals surface area contributed by atoms with Crippen molar-refractivity contribution in [3.63, 3.8) is 0 Å². The van der Waals surface area contributed by atoms with Crippen LogP contribution in [0.25, 0.3) is 33.8 Å². The maximum absolute atomic E-state index is 12.8. The van der Waals surface area contributed by atoms with E-state index < -0.39 is 0 Å². The number of para-hydroxylation sites is 1. The van der Waals surface area contributed by atoms with Crippen LogP contribution in [0.15, 0.2) is 81.9 Å². The van der Waals surface area contributed by atoms with Gasteiger partial charge in [0.25, 0.3) is 5.91 Å². The molecule has 0 aliphatic heterocycles. The van der Waals surface area contributed by atoms with Gasteiger partial charge in [-0.2, -0.15) is 0 Å². The van der Waals surface area contributed by atoms with Gasteiger partial charge in [-0.25, -0.2) is 4.98 Å². The number of hydrogen-bond donors (Lipinski definition) is 1. The third-order valence-corrected chi connectivity index (χ3v) is 5.41. The van der Waals surface area contributed by atoms with Gasteiger partial charge in [-0.15, -0.1) is 0 Å². The standard InChI is InChI=1S/C26H21N3O4/c1-16-7-9-17(10-8-16)26-28-21(15-32-26)24-20-13-18(11-12-23(20)33-29-24)25(30)27-14-19-5-3-4-6-22(19)31-2/h3-13,15H,14H2,1-2H3,(H,27,30). The van der Waals surface area contributed by atoms with Gasteiger partial charge in [0, 0.05) is 23.2 Å². The van der Waals surface area contributed by atoms with Gasteiger partial charge in [-0.05, 0) is 43.3 Å². The lowest BCUT2D eigenvalue weighted by atomic mass is 10.1. The highest BCUT2D eigenvalue weighted by atomic mass is 16.5. The molecule has 1 N–H and O–H groups in total. The molecule has 164 valence electrons. The molecule has 0 bridgehead atoms. The third-order valence-electron chi connectivity index (χ3n) is 5.41. The lowest BCUT2D eigenvalue weighted by molar-refractivity contribution is 0.0951. The minimum Gasteiger partial charge on any atom is -0.496 e. The van der Waals surface area contributed by atoms with E-state index in [2.05, 4.69) is 15.5 Å². The summed E-state index contributed by atoms with van der Waals surface area (Å²) in [4.78, 5) is 17.4. The molecule has 0 unspecified atom stereocenters. The summed E-state index contributed by atoms with van der Waals surface area (Å²) >= 11 is 0. The Hall–Kier alpha value is -4.39. The Kier molecular flexibility index (Phi) is 5.36. The summed E-state index contributed by atoms with van der Waals surface area (Å²) in [6.07, 6.45) is 1.54. The second kappa shape index (κ2) is 8.63. The third kappa shape index (κ3) is 4.08. The largest absolute Gasteiger partial charge is 0.496 e. The fraction of sp³-hybridized carbons (Fsp3) is 0.115. The SMILES string of the molecule is COc1ccccc1CNC(=O)c1ccc2onc(-c3coc(-c4ccc(C)cc4)n3)c2c1. The summed E-state index contributed by atoms with van der Waals surface area (Å²) in [6, 6.07) is 20.7. The predicted octanol–water partition coefficient (Wildman–Crippen LogP) is 5.40. The second-order valence-electron chi connectivity index (χ2n) is 7.64. The number of carbonyl (C=O) groups excluding carboxylic acids is 1. The van der Waals surface area contributed by atoms with Crippen molar-refractivity contribution in [2.24, 2.45) is 0 Å². The monoisotopic (exact) mass is 439 g/mol. The number of amides is 1. The molecule has 2 aromatic heterocycles.